The molecule has 0 aliphatic carbocycles. The number of rotatable bonds is 5. The van der Waals surface area contributed by atoms with Crippen molar-refractivity contribution < 1.29 is 17.9 Å². The summed E-state index contributed by atoms with van der Waals surface area (Å²) in [5.41, 5.74) is 0.812. The zero-order valence-corrected chi connectivity index (χ0v) is 15.8. The fraction of sp³-hybridized carbons (Fsp3) is 0.500. The molecule has 2 aliphatic heterocycles. The number of nitrogens with one attached hydrogen (secondary N) is 1. The molecule has 2 aliphatic rings. The Morgan fingerprint density at radius 1 is 1.46 bits per heavy atom. The Hall–Kier alpha value is -1.68. The van der Waals surface area contributed by atoms with Gasteiger partial charge in [-0.1, -0.05) is 11.6 Å². The third kappa shape index (κ3) is 3.20. The number of hydrogen-bond donors (Lipinski definition) is 1. The minimum absolute atomic E-state index is 0.0752. The van der Waals surface area contributed by atoms with Crippen molar-refractivity contribution in [1.82, 2.24) is 19.5 Å². The summed E-state index contributed by atoms with van der Waals surface area (Å²) < 4.78 is 41.1. The number of halogens is 1. The highest BCUT2D eigenvalue weighted by molar-refractivity contribution is 7.89. The van der Waals surface area contributed by atoms with Crippen molar-refractivity contribution in [2.75, 3.05) is 13.7 Å². The highest BCUT2D eigenvalue weighted by Gasteiger charge is 2.32. The van der Waals surface area contributed by atoms with Crippen LogP contribution >= 0.6 is 11.6 Å². The van der Waals surface area contributed by atoms with Crippen LogP contribution in [0.1, 0.15) is 36.1 Å². The van der Waals surface area contributed by atoms with E-state index in [0.29, 0.717) is 48.4 Å². The molecule has 0 saturated carbocycles. The molecule has 140 valence electrons. The number of fused-ring (bicyclic) bond motifs is 2. The van der Waals surface area contributed by atoms with Gasteiger partial charge in [-0.2, -0.15) is 5.10 Å². The Balaban J connectivity index is 1.66. The molecule has 0 spiro atoms. The van der Waals surface area contributed by atoms with Crippen LogP contribution in [-0.4, -0.2) is 36.9 Å². The molecule has 0 unspecified atom stereocenters. The van der Waals surface area contributed by atoms with Crippen LogP contribution in [0.15, 0.2) is 17.0 Å². The smallest absolute Gasteiger partial charge is 0.244 e. The topological polar surface area (TPSA) is 95.3 Å². The summed E-state index contributed by atoms with van der Waals surface area (Å²) in [6.45, 7) is 1.45. The zero-order chi connectivity index (χ0) is 18.3. The van der Waals surface area contributed by atoms with E-state index >= 15 is 0 Å². The van der Waals surface area contributed by atoms with Gasteiger partial charge in [-0.15, -0.1) is 0 Å². The van der Waals surface area contributed by atoms with Crippen molar-refractivity contribution in [1.29, 1.82) is 0 Å². The lowest BCUT2D eigenvalue weighted by Crippen LogP contribution is -2.33. The van der Waals surface area contributed by atoms with Crippen molar-refractivity contribution in [3.05, 3.63) is 34.4 Å². The number of aromatic nitrogens is 3. The van der Waals surface area contributed by atoms with Crippen molar-refractivity contribution in [2.45, 2.75) is 43.4 Å². The Morgan fingerprint density at radius 2 is 2.31 bits per heavy atom. The maximum atomic E-state index is 13.0. The summed E-state index contributed by atoms with van der Waals surface area (Å²) >= 11 is 6.11. The lowest BCUT2D eigenvalue weighted by Gasteiger charge is -2.23. The van der Waals surface area contributed by atoms with Gasteiger partial charge in [0.15, 0.2) is 5.82 Å². The molecule has 8 nitrogen and oxygen atoms in total. The van der Waals surface area contributed by atoms with Crippen molar-refractivity contribution in [3.8, 4) is 5.75 Å². The zero-order valence-electron chi connectivity index (χ0n) is 14.2. The molecule has 26 heavy (non-hydrogen) atoms. The molecule has 4 rings (SSSR count). The summed E-state index contributed by atoms with van der Waals surface area (Å²) in [7, 11) is -2.26. The highest BCUT2D eigenvalue weighted by atomic mass is 35.5. The monoisotopic (exact) mass is 398 g/mol. The minimum atomic E-state index is -3.83. The Kier molecular flexibility index (Phi) is 4.64. The lowest BCUT2D eigenvalue weighted by atomic mass is 10.1. The van der Waals surface area contributed by atoms with Gasteiger partial charge in [-0.05, 0) is 25.0 Å². The average molecular weight is 399 g/mol. The summed E-state index contributed by atoms with van der Waals surface area (Å²) in [5.74, 6) is 1.53. The first kappa shape index (κ1) is 17.7. The molecule has 1 N–H and O–H groups in total. The largest absolute Gasteiger partial charge is 0.492 e. The van der Waals surface area contributed by atoms with E-state index in [1.807, 2.05) is 0 Å². The van der Waals surface area contributed by atoms with E-state index < -0.39 is 16.1 Å². The van der Waals surface area contributed by atoms with Crippen LogP contribution in [0.4, 0.5) is 0 Å². The standard InChI is InChI=1S/C16H19ClN4O4S/c1-24-9-14-18-16-12(3-2-5-21(16)19-14)20-26(22,23)13-8-11(17)7-10-4-6-25-15(10)13/h7-8,12,20H,2-6,9H2,1H3/t12-/m0/s1. The van der Waals surface area contributed by atoms with Gasteiger partial charge in [0.2, 0.25) is 10.0 Å². The third-order valence-electron chi connectivity index (χ3n) is 4.49. The number of aryl methyl sites for hydroxylation is 1. The van der Waals surface area contributed by atoms with Crippen LogP contribution in [0.25, 0.3) is 0 Å². The fourth-order valence-corrected chi connectivity index (χ4v) is 5.13. The first-order valence-electron chi connectivity index (χ1n) is 8.38. The molecule has 0 saturated heterocycles. The molecule has 0 radical (unpaired) electrons. The molecule has 2 aromatic rings. The Morgan fingerprint density at radius 3 is 3.12 bits per heavy atom. The van der Waals surface area contributed by atoms with Crippen molar-refractivity contribution in [2.24, 2.45) is 0 Å². The van der Waals surface area contributed by atoms with E-state index in [4.69, 9.17) is 21.1 Å². The molecule has 3 heterocycles. The second kappa shape index (κ2) is 6.80. The second-order valence-electron chi connectivity index (χ2n) is 6.35. The number of methoxy groups -OCH3 is 1. The first-order valence-corrected chi connectivity index (χ1v) is 10.2. The van der Waals surface area contributed by atoms with E-state index in [9.17, 15) is 8.42 Å². The SMILES string of the molecule is COCc1nc2n(n1)CCC[C@@H]2NS(=O)(=O)c1cc(Cl)cc2c1OCC2. The Bertz CT molecular complexity index is 944. The van der Waals surface area contributed by atoms with E-state index in [1.165, 1.54) is 6.07 Å². The maximum Gasteiger partial charge on any atom is 0.244 e. The molecular weight excluding hydrogens is 380 g/mol. The molecule has 0 bridgehead atoms. The average Bonchev–Trinajstić information content (AvgIpc) is 3.20. The maximum absolute atomic E-state index is 13.0. The van der Waals surface area contributed by atoms with Gasteiger partial charge in [0.05, 0.1) is 12.6 Å². The van der Waals surface area contributed by atoms with Gasteiger partial charge in [0, 0.05) is 30.7 Å². The summed E-state index contributed by atoms with van der Waals surface area (Å²) in [6, 6.07) is 2.72. The van der Waals surface area contributed by atoms with E-state index in [2.05, 4.69) is 14.8 Å². The van der Waals surface area contributed by atoms with E-state index in [1.54, 1.807) is 17.9 Å². The van der Waals surface area contributed by atoms with E-state index in [0.717, 1.165) is 12.0 Å². The van der Waals surface area contributed by atoms with Gasteiger partial charge >= 0.3 is 0 Å². The van der Waals surface area contributed by atoms with Gasteiger partial charge in [0.1, 0.15) is 23.1 Å². The number of sulfonamides is 1. The van der Waals surface area contributed by atoms with Crippen LogP contribution in [0.2, 0.25) is 5.02 Å². The molecule has 1 aromatic carbocycles. The summed E-state index contributed by atoms with van der Waals surface area (Å²) in [6.07, 6.45) is 2.10. The normalized spacial score (nSPS) is 19.1. The molecule has 1 aromatic heterocycles. The second-order valence-corrected chi connectivity index (χ2v) is 8.47. The molecular formula is C16H19ClN4O4S. The third-order valence-corrected chi connectivity index (χ3v) is 6.19. The van der Waals surface area contributed by atoms with Gasteiger partial charge < -0.3 is 9.47 Å². The van der Waals surface area contributed by atoms with Crippen LogP contribution < -0.4 is 9.46 Å². The minimum Gasteiger partial charge on any atom is -0.492 e. The number of benzene rings is 1. The molecule has 0 amide bonds. The molecule has 0 fully saturated rings. The van der Waals surface area contributed by atoms with Crippen LogP contribution in [-0.2, 0) is 34.3 Å². The first-order chi connectivity index (χ1) is 12.5. The van der Waals surface area contributed by atoms with Gasteiger partial charge in [0.25, 0.3) is 0 Å². The Labute approximate surface area is 156 Å². The lowest BCUT2D eigenvalue weighted by molar-refractivity contribution is 0.177. The predicted molar refractivity (Wildman–Crippen MR) is 93.7 cm³/mol. The predicted octanol–water partition coefficient (Wildman–Crippen LogP) is 1.83. The number of nitrogens with zero attached hydrogens (tertiary/aromatic N) is 3. The van der Waals surface area contributed by atoms with Gasteiger partial charge in [-0.3, -0.25) is 0 Å². The quantitative estimate of drug-likeness (QED) is 0.825. The number of ether oxygens (including phenoxy) is 2. The summed E-state index contributed by atoms with van der Waals surface area (Å²) in [5, 5.41) is 4.74. The fourth-order valence-electron chi connectivity index (χ4n) is 3.39. The number of hydrogen-bond acceptors (Lipinski definition) is 6. The summed E-state index contributed by atoms with van der Waals surface area (Å²) in [4.78, 5) is 4.51. The van der Waals surface area contributed by atoms with Crippen molar-refractivity contribution in [3.63, 3.8) is 0 Å². The molecule has 1 atom stereocenters. The van der Waals surface area contributed by atoms with Crippen LogP contribution in [0.3, 0.4) is 0 Å². The van der Waals surface area contributed by atoms with Crippen molar-refractivity contribution >= 4 is 21.6 Å². The molecule has 10 heteroatoms. The van der Waals surface area contributed by atoms with Crippen LogP contribution in [0.5, 0.6) is 5.75 Å². The van der Waals surface area contributed by atoms with Gasteiger partial charge in [-0.25, -0.2) is 22.8 Å². The highest BCUT2D eigenvalue weighted by Crippen LogP contribution is 2.36. The van der Waals surface area contributed by atoms with Crippen LogP contribution in [0, 0.1) is 0 Å². The van der Waals surface area contributed by atoms with E-state index in [-0.39, 0.29) is 11.5 Å².